The fourth-order valence-electron chi connectivity index (χ4n) is 0.699. The summed E-state index contributed by atoms with van der Waals surface area (Å²) in [5.41, 5.74) is 6.35. The number of aromatic nitrogens is 1. The highest BCUT2D eigenvalue weighted by Gasteiger charge is 2.04. The molecular formula is C6H9BrN2O. The summed E-state index contributed by atoms with van der Waals surface area (Å²) in [5, 5.41) is 8.64. The first-order chi connectivity index (χ1) is 4.74. The lowest BCUT2D eigenvalue weighted by molar-refractivity contribution is 0.266. The molecule has 0 radical (unpaired) electrons. The molecule has 4 heteroatoms. The average molecular weight is 205 g/mol. The van der Waals surface area contributed by atoms with Crippen molar-refractivity contribution in [3.8, 4) is 0 Å². The van der Waals surface area contributed by atoms with Gasteiger partial charge in [-0.15, -0.1) is 0 Å². The van der Waals surface area contributed by atoms with Crippen molar-refractivity contribution >= 4 is 15.9 Å². The van der Waals surface area contributed by atoms with Gasteiger partial charge in [-0.3, -0.25) is 0 Å². The van der Waals surface area contributed by atoms with E-state index >= 15 is 0 Å². The number of rotatable bonds is 2. The predicted octanol–water partition coefficient (Wildman–Crippen LogP) is 0.769. The summed E-state index contributed by atoms with van der Waals surface area (Å²) in [6, 6.07) is 3.39. The zero-order chi connectivity index (χ0) is 7.56. The van der Waals surface area contributed by atoms with Crippen molar-refractivity contribution < 1.29 is 5.11 Å². The van der Waals surface area contributed by atoms with E-state index in [0.717, 1.165) is 10.3 Å². The smallest absolute Gasteiger partial charge is 0.0822 e. The van der Waals surface area contributed by atoms with E-state index in [1.54, 1.807) is 0 Å². The fourth-order valence-corrected chi connectivity index (χ4v) is 1.06. The quantitative estimate of drug-likeness (QED) is 0.667. The van der Waals surface area contributed by atoms with Crippen LogP contribution in [0.3, 0.4) is 0 Å². The van der Waals surface area contributed by atoms with Crippen LogP contribution < -0.4 is 5.73 Å². The summed E-state index contributed by atoms with van der Waals surface area (Å²) in [6.07, 6.45) is 0. The topological polar surface area (TPSA) is 62.0 Å². The molecule has 4 N–H and O–H groups in total. The molecule has 1 rings (SSSR count). The summed E-state index contributed by atoms with van der Waals surface area (Å²) >= 11 is 3.24. The molecule has 1 heterocycles. The molecule has 0 aliphatic heterocycles. The van der Waals surface area contributed by atoms with Gasteiger partial charge in [-0.05, 0) is 28.1 Å². The van der Waals surface area contributed by atoms with Crippen LogP contribution in [0, 0.1) is 0 Å². The number of H-pyrrole nitrogens is 1. The lowest BCUT2D eigenvalue weighted by Gasteiger charge is -2.03. The molecule has 0 bridgehead atoms. The Balaban J connectivity index is 2.74. The molecule has 0 spiro atoms. The van der Waals surface area contributed by atoms with Gasteiger partial charge in [-0.25, -0.2) is 0 Å². The van der Waals surface area contributed by atoms with Gasteiger partial charge < -0.3 is 15.8 Å². The summed E-state index contributed by atoms with van der Waals surface area (Å²) in [4.78, 5) is 2.96. The van der Waals surface area contributed by atoms with Crippen LogP contribution in [0.15, 0.2) is 16.7 Å². The Labute approximate surface area is 67.4 Å². The van der Waals surface area contributed by atoms with Crippen molar-refractivity contribution in [2.75, 3.05) is 6.61 Å². The number of hydrogen-bond donors (Lipinski definition) is 3. The van der Waals surface area contributed by atoms with Gasteiger partial charge in [0.25, 0.3) is 0 Å². The van der Waals surface area contributed by atoms with Crippen molar-refractivity contribution in [1.29, 1.82) is 0 Å². The van der Waals surface area contributed by atoms with E-state index in [-0.39, 0.29) is 12.6 Å². The maximum absolute atomic E-state index is 8.64. The Kier molecular flexibility index (Phi) is 2.48. The van der Waals surface area contributed by atoms with Crippen LogP contribution in [0.4, 0.5) is 0 Å². The number of nitrogens with one attached hydrogen (secondary N) is 1. The van der Waals surface area contributed by atoms with E-state index in [4.69, 9.17) is 10.8 Å². The van der Waals surface area contributed by atoms with Gasteiger partial charge in [0, 0.05) is 5.69 Å². The Morgan fingerprint density at radius 3 is 2.80 bits per heavy atom. The third-order valence-corrected chi connectivity index (χ3v) is 1.73. The van der Waals surface area contributed by atoms with Crippen molar-refractivity contribution in [2.45, 2.75) is 6.04 Å². The lowest BCUT2D eigenvalue weighted by Crippen LogP contribution is -2.14. The average Bonchev–Trinajstić information content (AvgIpc) is 2.34. The standard InChI is InChI=1S/C6H9BrN2O/c7-6-2-1-5(9-6)4(8)3-10/h1-2,4,9-10H,3,8H2/t4-/m1/s1. The van der Waals surface area contributed by atoms with E-state index in [2.05, 4.69) is 20.9 Å². The second-order valence-corrected chi connectivity index (χ2v) is 2.91. The molecule has 0 amide bonds. The highest BCUT2D eigenvalue weighted by Crippen LogP contribution is 2.12. The van der Waals surface area contributed by atoms with Crippen LogP contribution in [-0.2, 0) is 0 Å². The monoisotopic (exact) mass is 204 g/mol. The van der Waals surface area contributed by atoms with Gasteiger partial charge in [-0.2, -0.15) is 0 Å². The first-order valence-electron chi connectivity index (χ1n) is 2.95. The number of hydrogen-bond acceptors (Lipinski definition) is 2. The zero-order valence-corrected chi connectivity index (χ0v) is 6.93. The number of nitrogens with two attached hydrogens (primary N) is 1. The van der Waals surface area contributed by atoms with E-state index in [1.165, 1.54) is 0 Å². The molecule has 0 unspecified atom stereocenters. The Hall–Kier alpha value is -0.320. The first kappa shape index (κ1) is 7.78. The SMILES string of the molecule is N[C@H](CO)c1ccc(Br)[nH]1. The number of halogens is 1. The number of aliphatic hydroxyl groups is 1. The third kappa shape index (κ3) is 1.59. The fraction of sp³-hybridized carbons (Fsp3) is 0.333. The highest BCUT2D eigenvalue weighted by atomic mass is 79.9. The van der Waals surface area contributed by atoms with Gasteiger partial charge in [0.15, 0.2) is 0 Å². The third-order valence-electron chi connectivity index (χ3n) is 1.27. The summed E-state index contributed by atoms with van der Waals surface area (Å²) in [5.74, 6) is 0. The van der Waals surface area contributed by atoms with Crippen LogP contribution in [0.5, 0.6) is 0 Å². The van der Waals surface area contributed by atoms with Crippen LogP contribution in [-0.4, -0.2) is 16.7 Å². The number of aliphatic hydroxyl groups excluding tert-OH is 1. The summed E-state index contributed by atoms with van der Waals surface area (Å²) in [7, 11) is 0. The molecule has 0 saturated carbocycles. The minimum Gasteiger partial charge on any atom is -0.394 e. The summed E-state index contributed by atoms with van der Waals surface area (Å²) < 4.78 is 0.881. The van der Waals surface area contributed by atoms with Crippen molar-refractivity contribution in [1.82, 2.24) is 4.98 Å². The van der Waals surface area contributed by atoms with Crippen LogP contribution in [0.25, 0.3) is 0 Å². The largest absolute Gasteiger partial charge is 0.394 e. The minimum atomic E-state index is -0.300. The molecule has 0 saturated heterocycles. The van der Waals surface area contributed by atoms with E-state index in [9.17, 15) is 0 Å². The molecule has 0 aliphatic rings. The zero-order valence-electron chi connectivity index (χ0n) is 5.34. The van der Waals surface area contributed by atoms with Gasteiger partial charge in [-0.1, -0.05) is 0 Å². The molecule has 1 aromatic rings. The maximum atomic E-state index is 8.64. The molecule has 0 aliphatic carbocycles. The number of aromatic amines is 1. The molecule has 1 atom stereocenters. The molecule has 0 fully saturated rings. The minimum absolute atomic E-state index is 0.0348. The highest BCUT2D eigenvalue weighted by molar-refractivity contribution is 9.10. The molecular weight excluding hydrogens is 196 g/mol. The Bertz CT molecular complexity index is 211. The molecule has 56 valence electrons. The van der Waals surface area contributed by atoms with Crippen LogP contribution in [0.2, 0.25) is 0 Å². The van der Waals surface area contributed by atoms with Crippen molar-refractivity contribution in [2.24, 2.45) is 5.73 Å². The molecule has 1 aromatic heterocycles. The second-order valence-electron chi connectivity index (χ2n) is 2.05. The normalized spacial score (nSPS) is 13.5. The van der Waals surface area contributed by atoms with Crippen molar-refractivity contribution in [3.05, 3.63) is 22.4 Å². The van der Waals surface area contributed by atoms with Crippen LogP contribution >= 0.6 is 15.9 Å². The van der Waals surface area contributed by atoms with E-state index in [0.29, 0.717) is 0 Å². The second kappa shape index (κ2) is 3.18. The summed E-state index contributed by atoms with van der Waals surface area (Å²) in [6.45, 7) is -0.0348. The Morgan fingerprint density at radius 1 is 1.70 bits per heavy atom. The van der Waals surface area contributed by atoms with E-state index < -0.39 is 0 Å². The van der Waals surface area contributed by atoms with Gasteiger partial charge >= 0.3 is 0 Å². The van der Waals surface area contributed by atoms with E-state index in [1.807, 2.05) is 12.1 Å². The van der Waals surface area contributed by atoms with Gasteiger partial charge in [0.1, 0.15) is 0 Å². The van der Waals surface area contributed by atoms with Gasteiger partial charge in [0.2, 0.25) is 0 Å². The molecule has 10 heavy (non-hydrogen) atoms. The van der Waals surface area contributed by atoms with Gasteiger partial charge in [0.05, 0.1) is 17.3 Å². The maximum Gasteiger partial charge on any atom is 0.0822 e. The van der Waals surface area contributed by atoms with Crippen molar-refractivity contribution in [3.63, 3.8) is 0 Å². The predicted molar refractivity (Wildman–Crippen MR) is 42.5 cm³/mol. The Morgan fingerprint density at radius 2 is 2.40 bits per heavy atom. The van der Waals surface area contributed by atoms with Crippen LogP contribution in [0.1, 0.15) is 11.7 Å². The molecule has 0 aromatic carbocycles. The lowest BCUT2D eigenvalue weighted by atomic mass is 10.2. The molecule has 3 nitrogen and oxygen atoms in total. The first-order valence-corrected chi connectivity index (χ1v) is 3.74.